The van der Waals surface area contributed by atoms with Crippen LogP contribution < -0.4 is 11.0 Å². The first-order valence-corrected chi connectivity index (χ1v) is 10.7. The van der Waals surface area contributed by atoms with Crippen LogP contribution in [0.1, 0.15) is 19.4 Å². The number of anilines is 2. The summed E-state index contributed by atoms with van der Waals surface area (Å²) in [6.07, 6.45) is 0.585. The number of benzene rings is 2. The van der Waals surface area contributed by atoms with Gasteiger partial charge < -0.3 is 10.3 Å². The minimum Gasteiger partial charge on any atom is -0.353 e. The number of H-pyrrole nitrogens is 1. The zero-order valence-corrected chi connectivity index (χ0v) is 16.2. The molecule has 1 aromatic heterocycles. The Labute approximate surface area is 161 Å². The first-order valence-electron chi connectivity index (χ1n) is 9.12. The Bertz CT molecular complexity index is 1190. The number of para-hydroxylation sites is 1. The molecule has 1 aliphatic heterocycles. The van der Waals surface area contributed by atoms with E-state index in [4.69, 9.17) is 0 Å². The maximum Gasteiger partial charge on any atom is 0.326 e. The zero-order chi connectivity index (χ0) is 19.9. The molecule has 0 bridgehead atoms. The first-order chi connectivity index (χ1) is 13.4. The highest BCUT2D eigenvalue weighted by Gasteiger charge is 2.32. The number of hydrogen-bond donors (Lipinski definition) is 2. The van der Waals surface area contributed by atoms with Crippen molar-refractivity contribution in [3.63, 3.8) is 0 Å². The standard InChI is InChI=1S/C19H21FN4O3S/c1-2-28(26,27)23-10-9-14(12-23)24-18-8-7-13(11-17(18)22-19(24)25)21-16-6-4-3-5-15(16)20/h3-8,11,14,21H,2,9-10,12H2,1H3,(H,22,25). The number of hydrogen-bond acceptors (Lipinski definition) is 4. The van der Waals surface area contributed by atoms with E-state index < -0.39 is 10.0 Å². The lowest BCUT2D eigenvalue weighted by molar-refractivity contribution is 0.452. The lowest BCUT2D eigenvalue weighted by Crippen LogP contribution is -2.31. The third-order valence-electron chi connectivity index (χ3n) is 5.12. The predicted molar refractivity (Wildman–Crippen MR) is 107 cm³/mol. The van der Waals surface area contributed by atoms with Gasteiger partial charge in [0.15, 0.2) is 0 Å². The van der Waals surface area contributed by atoms with Crippen LogP contribution in [0.4, 0.5) is 15.8 Å². The molecule has 3 aromatic rings. The Morgan fingerprint density at radius 3 is 2.79 bits per heavy atom. The van der Waals surface area contributed by atoms with Gasteiger partial charge in [-0.3, -0.25) is 4.57 Å². The summed E-state index contributed by atoms with van der Waals surface area (Å²) in [5.74, 6) is -0.315. The fourth-order valence-electron chi connectivity index (χ4n) is 3.65. The second-order valence-electron chi connectivity index (χ2n) is 6.84. The van der Waals surface area contributed by atoms with E-state index in [9.17, 15) is 17.6 Å². The smallest absolute Gasteiger partial charge is 0.326 e. The summed E-state index contributed by atoms with van der Waals surface area (Å²) in [7, 11) is -3.27. The molecule has 0 saturated carbocycles. The molecule has 1 fully saturated rings. The Kier molecular flexibility index (Phi) is 4.72. The molecule has 0 aliphatic carbocycles. The average molecular weight is 404 g/mol. The van der Waals surface area contributed by atoms with E-state index in [0.29, 0.717) is 35.4 Å². The molecule has 1 unspecified atom stereocenters. The molecule has 28 heavy (non-hydrogen) atoms. The number of halogens is 1. The van der Waals surface area contributed by atoms with E-state index in [-0.39, 0.29) is 29.8 Å². The fourth-order valence-corrected chi connectivity index (χ4v) is 4.79. The highest BCUT2D eigenvalue weighted by Crippen LogP contribution is 2.28. The number of nitrogens with one attached hydrogen (secondary N) is 2. The van der Waals surface area contributed by atoms with Gasteiger partial charge in [-0.1, -0.05) is 12.1 Å². The molecule has 0 radical (unpaired) electrons. The van der Waals surface area contributed by atoms with E-state index in [2.05, 4.69) is 10.3 Å². The van der Waals surface area contributed by atoms with Gasteiger partial charge in [0.1, 0.15) is 5.82 Å². The monoisotopic (exact) mass is 404 g/mol. The second-order valence-corrected chi connectivity index (χ2v) is 9.10. The van der Waals surface area contributed by atoms with Crippen LogP contribution in [0.2, 0.25) is 0 Å². The van der Waals surface area contributed by atoms with E-state index >= 15 is 0 Å². The number of sulfonamides is 1. The molecule has 1 aliphatic rings. The van der Waals surface area contributed by atoms with Gasteiger partial charge in [0, 0.05) is 18.8 Å². The van der Waals surface area contributed by atoms with Gasteiger partial charge in [0.05, 0.1) is 28.5 Å². The van der Waals surface area contributed by atoms with Crippen LogP contribution in [-0.4, -0.2) is 41.1 Å². The highest BCUT2D eigenvalue weighted by molar-refractivity contribution is 7.89. The van der Waals surface area contributed by atoms with Crippen LogP contribution in [0.5, 0.6) is 0 Å². The van der Waals surface area contributed by atoms with E-state index in [0.717, 1.165) is 0 Å². The maximum absolute atomic E-state index is 13.8. The van der Waals surface area contributed by atoms with E-state index in [1.165, 1.54) is 10.4 Å². The molecule has 9 heteroatoms. The van der Waals surface area contributed by atoms with Crippen molar-refractivity contribution >= 4 is 32.4 Å². The fraction of sp³-hybridized carbons (Fsp3) is 0.316. The Balaban J connectivity index is 1.64. The van der Waals surface area contributed by atoms with Crippen molar-refractivity contribution in [3.05, 3.63) is 58.8 Å². The van der Waals surface area contributed by atoms with Gasteiger partial charge in [0.2, 0.25) is 10.0 Å². The quantitative estimate of drug-likeness (QED) is 0.685. The van der Waals surface area contributed by atoms with Gasteiger partial charge in [-0.05, 0) is 43.7 Å². The highest BCUT2D eigenvalue weighted by atomic mass is 32.2. The van der Waals surface area contributed by atoms with Gasteiger partial charge in [0.25, 0.3) is 0 Å². The maximum atomic E-state index is 13.8. The van der Waals surface area contributed by atoms with Crippen molar-refractivity contribution < 1.29 is 12.8 Å². The van der Waals surface area contributed by atoms with Crippen molar-refractivity contribution in [1.29, 1.82) is 0 Å². The number of rotatable bonds is 5. The molecular formula is C19H21FN4O3S. The van der Waals surface area contributed by atoms with E-state index in [1.807, 2.05) is 0 Å². The minimum atomic E-state index is -3.27. The van der Waals surface area contributed by atoms with Gasteiger partial charge in [-0.25, -0.2) is 17.6 Å². The summed E-state index contributed by atoms with van der Waals surface area (Å²) in [5, 5.41) is 3.00. The number of aromatic nitrogens is 2. The Hall–Kier alpha value is -2.65. The molecule has 2 N–H and O–H groups in total. The molecule has 4 rings (SSSR count). The number of nitrogens with zero attached hydrogens (tertiary/aromatic N) is 2. The molecule has 2 heterocycles. The molecule has 0 amide bonds. The van der Waals surface area contributed by atoms with E-state index in [1.54, 1.807) is 47.9 Å². The predicted octanol–water partition coefficient (Wildman–Crippen LogP) is 2.81. The SMILES string of the molecule is CCS(=O)(=O)N1CCC(n2c(=O)[nH]c3cc(Nc4ccccc4F)ccc32)C1. The van der Waals surface area contributed by atoms with Crippen LogP contribution in [0.3, 0.4) is 0 Å². The van der Waals surface area contributed by atoms with Crippen molar-refractivity contribution in [3.8, 4) is 0 Å². The molecule has 148 valence electrons. The average Bonchev–Trinajstić information content (AvgIpc) is 3.27. The summed E-state index contributed by atoms with van der Waals surface area (Å²) < 4.78 is 41.1. The van der Waals surface area contributed by atoms with Gasteiger partial charge >= 0.3 is 5.69 Å². The molecule has 2 aromatic carbocycles. The van der Waals surface area contributed by atoms with Crippen LogP contribution in [0.25, 0.3) is 11.0 Å². The van der Waals surface area contributed by atoms with Crippen molar-refractivity contribution in [2.75, 3.05) is 24.2 Å². The van der Waals surface area contributed by atoms with Gasteiger partial charge in [-0.2, -0.15) is 4.31 Å². The van der Waals surface area contributed by atoms with Gasteiger partial charge in [-0.15, -0.1) is 0 Å². The van der Waals surface area contributed by atoms with Crippen molar-refractivity contribution in [2.45, 2.75) is 19.4 Å². The third kappa shape index (κ3) is 3.31. The molecule has 1 saturated heterocycles. The summed E-state index contributed by atoms with van der Waals surface area (Å²) in [6, 6.07) is 11.4. The summed E-state index contributed by atoms with van der Waals surface area (Å²) >= 11 is 0. The first kappa shape index (κ1) is 18.7. The number of fused-ring (bicyclic) bond motifs is 1. The zero-order valence-electron chi connectivity index (χ0n) is 15.4. The summed E-state index contributed by atoms with van der Waals surface area (Å²) in [4.78, 5) is 15.4. The number of aromatic amines is 1. The van der Waals surface area contributed by atoms with Crippen molar-refractivity contribution in [2.24, 2.45) is 0 Å². The summed E-state index contributed by atoms with van der Waals surface area (Å²) in [5.41, 5.74) is 2.03. The Morgan fingerprint density at radius 1 is 1.25 bits per heavy atom. The molecular weight excluding hydrogens is 383 g/mol. The largest absolute Gasteiger partial charge is 0.353 e. The van der Waals surface area contributed by atoms with Crippen molar-refractivity contribution in [1.82, 2.24) is 13.9 Å². The van der Waals surface area contributed by atoms with Crippen LogP contribution >= 0.6 is 0 Å². The second kappa shape index (κ2) is 7.06. The normalized spacial score (nSPS) is 18.0. The van der Waals surface area contributed by atoms with Crippen LogP contribution in [-0.2, 0) is 10.0 Å². The number of imidazole rings is 1. The van der Waals surface area contributed by atoms with Crippen LogP contribution in [0.15, 0.2) is 47.3 Å². The lowest BCUT2D eigenvalue weighted by atomic mass is 10.2. The van der Waals surface area contributed by atoms with Crippen LogP contribution in [0, 0.1) is 5.82 Å². The molecule has 0 spiro atoms. The Morgan fingerprint density at radius 2 is 2.04 bits per heavy atom. The molecule has 7 nitrogen and oxygen atoms in total. The summed E-state index contributed by atoms with van der Waals surface area (Å²) in [6.45, 7) is 2.32. The topological polar surface area (TPSA) is 87.2 Å². The molecule has 1 atom stereocenters. The third-order valence-corrected chi connectivity index (χ3v) is 6.97. The lowest BCUT2D eigenvalue weighted by Gasteiger charge is -2.16. The minimum absolute atomic E-state index is 0.0492.